The predicted octanol–water partition coefficient (Wildman–Crippen LogP) is 2.79. The van der Waals surface area contributed by atoms with Crippen molar-refractivity contribution in [3.63, 3.8) is 0 Å². The van der Waals surface area contributed by atoms with E-state index in [0.29, 0.717) is 38.5 Å². The van der Waals surface area contributed by atoms with Gasteiger partial charge in [-0.1, -0.05) is 0 Å². The molecule has 24 heavy (non-hydrogen) atoms. The van der Waals surface area contributed by atoms with Gasteiger partial charge in [-0.15, -0.1) is 0 Å². The second-order valence-corrected chi connectivity index (χ2v) is 8.67. The van der Waals surface area contributed by atoms with Crippen molar-refractivity contribution in [2.45, 2.75) is 51.4 Å². The summed E-state index contributed by atoms with van der Waals surface area (Å²) in [7, 11) is 0. The number of carbonyl (C=O) groups is 4. The number of hydrogen-bond donors (Lipinski definition) is 2. The van der Waals surface area contributed by atoms with Crippen LogP contribution < -0.4 is 0 Å². The third-order valence-corrected chi connectivity index (χ3v) is 7.41. The van der Waals surface area contributed by atoms with Crippen LogP contribution in [-0.2, 0) is 19.2 Å². The quantitative estimate of drug-likeness (QED) is 0.730. The van der Waals surface area contributed by atoms with Gasteiger partial charge in [-0.05, 0) is 74.6 Å². The molecule has 0 heterocycles. The van der Waals surface area contributed by atoms with Gasteiger partial charge in [0.2, 0.25) is 10.5 Å². The molecular weight excluding hydrogens is 359 g/mol. The van der Waals surface area contributed by atoms with Gasteiger partial charge >= 0.3 is 11.9 Å². The van der Waals surface area contributed by atoms with Crippen LogP contribution in [-0.4, -0.2) is 32.6 Å². The number of carbonyl (C=O) groups excluding carboxylic acids is 2. The van der Waals surface area contributed by atoms with Crippen LogP contribution in [0.1, 0.15) is 51.4 Å². The average Bonchev–Trinajstić information content (AvgIpc) is 3.15. The molecule has 132 valence electrons. The van der Waals surface area contributed by atoms with Crippen LogP contribution in [0.15, 0.2) is 0 Å². The summed E-state index contributed by atoms with van der Waals surface area (Å²) in [6, 6.07) is 0. The Morgan fingerprint density at radius 1 is 0.583 bits per heavy atom. The highest BCUT2D eigenvalue weighted by Crippen LogP contribution is 2.68. The fourth-order valence-electron chi connectivity index (χ4n) is 5.14. The van der Waals surface area contributed by atoms with Gasteiger partial charge < -0.3 is 10.2 Å². The third kappa shape index (κ3) is 2.22. The molecular formula is C16H18Cl2O6. The molecule has 0 aromatic heterocycles. The molecule has 0 aromatic rings. The second-order valence-electron chi connectivity index (χ2n) is 7.99. The van der Waals surface area contributed by atoms with E-state index in [1.807, 2.05) is 0 Å². The first-order valence-electron chi connectivity index (χ1n) is 7.88. The first-order chi connectivity index (χ1) is 11.0. The number of fused-ring (bicyclic) bond motifs is 2. The van der Waals surface area contributed by atoms with Crippen molar-refractivity contribution >= 4 is 45.6 Å². The number of carboxylic acids is 2. The Bertz CT molecular complexity index is 535. The van der Waals surface area contributed by atoms with E-state index in [0.717, 1.165) is 12.8 Å². The molecule has 6 saturated carbocycles. The summed E-state index contributed by atoms with van der Waals surface area (Å²) >= 11 is 10.9. The van der Waals surface area contributed by atoms with Gasteiger partial charge in [0.15, 0.2) is 0 Å². The van der Waals surface area contributed by atoms with E-state index in [9.17, 15) is 19.2 Å². The lowest BCUT2D eigenvalue weighted by Gasteiger charge is -2.42. The van der Waals surface area contributed by atoms with Crippen LogP contribution in [0.25, 0.3) is 0 Å². The Hall–Kier alpha value is -1.14. The summed E-state index contributed by atoms with van der Waals surface area (Å²) in [4.78, 5) is 43.4. The van der Waals surface area contributed by atoms with E-state index in [1.165, 1.54) is 0 Å². The van der Waals surface area contributed by atoms with Crippen LogP contribution in [0.5, 0.6) is 0 Å². The summed E-state index contributed by atoms with van der Waals surface area (Å²) in [5.41, 5.74) is -2.16. The standard InChI is InChI=1S/C8H8Cl2O2.C8H10O4/c9-5(11)7-1-2-8(3-7,4-7)6(10)12;9-5(10)7-1-2-8(3-7,4-7)6(11)12/h1-4H2;1-4H2,(H,9,10)(H,11,12). The molecule has 0 aliphatic heterocycles. The Morgan fingerprint density at radius 3 is 1.00 bits per heavy atom. The fraction of sp³-hybridized carbons (Fsp3) is 0.750. The fourth-order valence-corrected chi connectivity index (χ4v) is 5.60. The van der Waals surface area contributed by atoms with Crippen LogP contribution >= 0.6 is 23.2 Å². The SMILES string of the molecule is O=C(Cl)C12CCC(C(=O)Cl)(C1)C2.O=C(O)C12CCC(C(=O)O)(C1)C2. The largest absolute Gasteiger partial charge is 0.481 e. The van der Waals surface area contributed by atoms with E-state index in [4.69, 9.17) is 33.4 Å². The molecule has 0 aromatic carbocycles. The monoisotopic (exact) mass is 376 g/mol. The van der Waals surface area contributed by atoms with Gasteiger partial charge in [0, 0.05) is 10.8 Å². The molecule has 0 amide bonds. The first kappa shape index (κ1) is 17.7. The lowest BCUT2D eigenvalue weighted by Crippen LogP contribution is -2.47. The summed E-state index contributed by atoms with van der Waals surface area (Å²) in [6.07, 6.45) is 4.36. The van der Waals surface area contributed by atoms with Crippen LogP contribution in [0, 0.1) is 21.7 Å². The first-order valence-corrected chi connectivity index (χ1v) is 8.64. The number of hydrogen-bond acceptors (Lipinski definition) is 4. The van der Waals surface area contributed by atoms with Crippen molar-refractivity contribution in [3.05, 3.63) is 0 Å². The molecule has 6 aliphatic carbocycles. The summed E-state index contributed by atoms with van der Waals surface area (Å²) < 4.78 is 0. The normalized spacial score (nSPS) is 43.8. The van der Waals surface area contributed by atoms with E-state index in [2.05, 4.69) is 0 Å². The summed E-state index contributed by atoms with van der Waals surface area (Å²) in [6.45, 7) is 0. The Morgan fingerprint density at radius 2 is 0.833 bits per heavy atom. The lowest BCUT2D eigenvalue weighted by molar-refractivity contribution is -0.167. The van der Waals surface area contributed by atoms with Crippen LogP contribution in [0.3, 0.4) is 0 Å². The highest BCUT2D eigenvalue weighted by Gasteiger charge is 2.68. The Balaban J connectivity index is 0.000000141. The molecule has 2 N–H and O–H groups in total. The summed E-state index contributed by atoms with van der Waals surface area (Å²) in [5.74, 6) is -1.64. The third-order valence-electron chi connectivity index (χ3n) is 6.61. The number of aliphatic carboxylic acids is 2. The molecule has 0 saturated heterocycles. The van der Waals surface area contributed by atoms with E-state index < -0.39 is 33.6 Å². The molecule has 6 nitrogen and oxygen atoms in total. The van der Waals surface area contributed by atoms with Gasteiger partial charge in [0.05, 0.1) is 10.8 Å². The predicted molar refractivity (Wildman–Crippen MR) is 83.7 cm³/mol. The zero-order valence-corrected chi connectivity index (χ0v) is 14.5. The zero-order valence-electron chi connectivity index (χ0n) is 12.9. The number of carboxylic acid groups (broad SMARTS) is 2. The van der Waals surface area contributed by atoms with Gasteiger partial charge in [-0.3, -0.25) is 19.2 Å². The van der Waals surface area contributed by atoms with Gasteiger partial charge in [0.1, 0.15) is 0 Å². The average molecular weight is 377 g/mol. The van der Waals surface area contributed by atoms with Crippen LogP contribution in [0.2, 0.25) is 0 Å². The maximum Gasteiger partial charge on any atom is 0.309 e. The molecule has 0 unspecified atom stereocenters. The van der Waals surface area contributed by atoms with Crippen molar-refractivity contribution in [2.24, 2.45) is 21.7 Å². The molecule has 8 heteroatoms. The molecule has 0 atom stereocenters. The molecule has 6 aliphatic rings. The lowest BCUT2D eigenvalue weighted by atomic mass is 9.60. The van der Waals surface area contributed by atoms with Crippen molar-refractivity contribution in [1.29, 1.82) is 0 Å². The summed E-state index contributed by atoms with van der Waals surface area (Å²) in [5, 5.41) is 17.0. The zero-order chi connectivity index (χ0) is 18.0. The molecule has 4 bridgehead atoms. The minimum atomic E-state index is -0.822. The van der Waals surface area contributed by atoms with Crippen molar-refractivity contribution in [2.75, 3.05) is 0 Å². The second kappa shape index (κ2) is 5.18. The maximum atomic E-state index is 11.0. The van der Waals surface area contributed by atoms with Crippen molar-refractivity contribution < 1.29 is 29.4 Å². The minimum absolute atomic E-state index is 0.298. The highest BCUT2D eigenvalue weighted by molar-refractivity contribution is 6.66. The molecule has 0 spiro atoms. The van der Waals surface area contributed by atoms with E-state index in [-0.39, 0.29) is 10.5 Å². The number of rotatable bonds is 4. The Kier molecular flexibility index (Phi) is 3.81. The molecule has 0 radical (unpaired) electrons. The highest BCUT2D eigenvalue weighted by atomic mass is 35.5. The van der Waals surface area contributed by atoms with Crippen molar-refractivity contribution in [1.82, 2.24) is 0 Å². The van der Waals surface area contributed by atoms with Gasteiger partial charge in [0.25, 0.3) is 0 Å². The van der Waals surface area contributed by atoms with Gasteiger partial charge in [-0.2, -0.15) is 0 Å². The van der Waals surface area contributed by atoms with Crippen molar-refractivity contribution in [3.8, 4) is 0 Å². The van der Waals surface area contributed by atoms with E-state index >= 15 is 0 Å². The topological polar surface area (TPSA) is 109 Å². The van der Waals surface area contributed by atoms with E-state index in [1.54, 1.807) is 0 Å². The smallest absolute Gasteiger partial charge is 0.309 e. The molecule has 6 fully saturated rings. The number of halogens is 2. The Labute approximate surface area is 148 Å². The maximum absolute atomic E-state index is 11.0. The molecule has 6 rings (SSSR count). The minimum Gasteiger partial charge on any atom is -0.481 e. The van der Waals surface area contributed by atoms with Crippen LogP contribution in [0.4, 0.5) is 0 Å². The van der Waals surface area contributed by atoms with Gasteiger partial charge in [-0.25, -0.2) is 0 Å².